The van der Waals surface area contributed by atoms with Gasteiger partial charge in [0.05, 0.1) is 17.4 Å². The van der Waals surface area contributed by atoms with Gasteiger partial charge in [-0.25, -0.2) is 4.98 Å². The second-order valence-electron chi connectivity index (χ2n) is 4.53. The first-order valence-corrected chi connectivity index (χ1v) is 6.57. The molecule has 0 aliphatic heterocycles. The minimum absolute atomic E-state index is 0.260. The number of fused-ring (bicyclic) bond motifs is 1. The fourth-order valence-electron chi connectivity index (χ4n) is 2.03. The summed E-state index contributed by atoms with van der Waals surface area (Å²) in [5.41, 5.74) is 1.90. The lowest BCUT2D eigenvalue weighted by molar-refractivity contribution is 0.102. The predicted octanol–water partition coefficient (Wildman–Crippen LogP) is 2.92. The smallest absolute Gasteiger partial charge is 0.274 e. The van der Waals surface area contributed by atoms with Crippen LogP contribution in [0.3, 0.4) is 0 Å². The van der Waals surface area contributed by atoms with Crippen LogP contribution in [0.2, 0.25) is 0 Å². The third-order valence-electron chi connectivity index (χ3n) is 3.09. The molecule has 0 aliphatic carbocycles. The average molecular weight is 278 g/mol. The quantitative estimate of drug-likeness (QED) is 0.773. The summed E-state index contributed by atoms with van der Waals surface area (Å²) in [7, 11) is 1.76. The zero-order valence-electron chi connectivity index (χ0n) is 11.5. The molecule has 0 saturated carbocycles. The summed E-state index contributed by atoms with van der Waals surface area (Å²) in [6.45, 7) is 0. The topological polar surface area (TPSA) is 66.9 Å². The molecule has 0 radical (unpaired) electrons. The van der Waals surface area contributed by atoms with Crippen molar-refractivity contribution in [3.63, 3.8) is 0 Å². The molecule has 0 aliphatic rings. The van der Waals surface area contributed by atoms with Crippen molar-refractivity contribution in [1.82, 2.24) is 9.97 Å². The van der Waals surface area contributed by atoms with E-state index >= 15 is 0 Å². The first kappa shape index (κ1) is 13.1. The largest absolute Gasteiger partial charge is 0.373 e. The van der Waals surface area contributed by atoms with E-state index in [0.717, 1.165) is 10.9 Å². The Morgan fingerprint density at radius 2 is 1.95 bits per heavy atom. The molecule has 2 N–H and O–H groups in total. The van der Waals surface area contributed by atoms with E-state index in [2.05, 4.69) is 20.6 Å². The molecule has 21 heavy (non-hydrogen) atoms. The van der Waals surface area contributed by atoms with Gasteiger partial charge in [0.1, 0.15) is 11.5 Å². The van der Waals surface area contributed by atoms with Crippen molar-refractivity contribution >= 4 is 28.3 Å². The highest BCUT2D eigenvalue weighted by Gasteiger charge is 2.08. The first-order valence-electron chi connectivity index (χ1n) is 6.57. The van der Waals surface area contributed by atoms with Gasteiger partial charge in [-0.2, -0.15) is 0 Å². The van der Waals surface area contributed by atoms with Gasteiger partial charge < -0.3 is 10.6 Å². The summed E-state index contributed by atoms with van der Waals surface area (Å²) in [5.74, 6) is 0.392. The summed E-state index contributed by atoms with van der Waals surface area (Å²) >= 11 is 0. The molecule has 0 spiro atoms. The van der Waals surface area contributed by atoms with Crippen LogP contribution < -0.4 is 10.6 Å². The van der Waals surface area contributed by atoms with Crippen molar-refractivity contribution in [3.8, 4) is 0 Å². The van der Waals surface area contributed by atoms with Gasteiger partial charge in [-0.1, -0.05) is 24.3 Å². The summed E-state index contributed by atoms with van der Waals surface area (Å²) in [4.78, 5) is 20.7. The van der Waals surface area contributed by atoms with Gasteiger partial charge in [0.25, 0.3) is 5.91 Å². The van der Waals surface area contributed by atoms with Crippen molar-refractivity contribution in [1.29, 1.82) is 0 Å². The van der Waals surface area contributed by atoms with E-state index in [-0.39, 0.29) is 5.91 Å². The summed E-state index contributed by atoms with van der Waals surface area (Å²) in [6, 6.07) is 14.9. The molecule has 0 atom stereocenters. The Morgan fingerprint density at radius 3 is 2.81 bits per heavy atom. The van der Waals surface area contributed by atoms with Crippen LogP contribution >= 0.6 is 0 Å². The summed E-state index contributed by atoms with van der Waals surface area (Å²) < 4.78 is 0. The number of benzene rings is 1. The van der Waals surface area contributed by atoms with Gasteiger partial charge in [0.2, 0.25) is 0 Å². The van der Waals surface area contributed by atoms with Crippen molar-refractivity contribution < 1.29 is 4.79 Å². The lowest BCUT2D eigenvalue weighted by Gasteiger charge is -2.06. The fraction of sp³-hybridized carbons (Fsp3) is 0.0625. The van der Waals surface area contributed by atoms with Gasteiger partial charge in [0, 0.05) is 12.4 Å². The minimum atomic E-state index is -0.260. The van der Waals surface area contributed by atoms with E-state index < -0.39 is 0 Å². The second-order valence-corrected chi connectivity index (χ2v) is 4.53. The van der Waals surface area contributed by atoms with Crippen LogP contribution in [0, 0.1) is 0 Å². The maximum atomic E-state index is 12.2. The summed E-state index contributed by atoms with van der Waals surface area (Å²) in [6.07, 6.45) is 1.64. The van der Waals surface area contributed by atoms with E-state index in [0.29, 0.717) is 17.2 Å². The first-order chi connectivity index (χ1) is 10.3. The third-order valence-corrected chi connectivity index (χ3v) is 3.09. The van der Waals surface area contributed by atoms with Crippen molar-refractivity contribution in [3.05, 3.63) is 60.4 Å². The number of amides is 1. The van der Waals surface area contributed by atoms with Gasteiger partial charge in [-0.3, -0.25) is 9.78 Å². The van der Waals surface area contributed by atoms with Gasteiger partial charge in [-0.05, 0) is 24.3 Å². The minimum Gasteiger partial charge on any atom is -0.373 e. The Labute approximate surface area is 122 Å². The maximum Gasteiger partial charge on any atom is 0.274 e. The zero-order chi connectivity index (χ0) is 14.7. The molecule has 2 aromatic heterocycles. The predicted molar refractivity (Wildman–Crippen MR) is 83.5 cm³/mol. The molecule has 0 fully saturated rings. The van der Waals surface area contributed by atoms with E-state index in [1.54, 1.807) is 31.4 Å². The van der Waals surface area contributed by atoms with Crippen molar-refractivity contribution in [2.75, 3.05) is 17.7 Å². The number of hydrogen-bond donors (Lipinski definition) is 2. The van der Waals surface area contributed by atoms with E-state index in [4.69, 9.17) is 0 Å². The second kappa shape index (κ2) is 5.58. The van der Waals surface area contributed by atoms with E-state index in [1.165, 1.54) is 0 Å². The number of nitrogens with one attached hydrogen (secondary N) is 2. The fourth-order valence-corrected chi connectivity index (χ4v) is 2.03. The van der Waals surface area contributed by atoms with Crippen LogP contribution in [-0.4, -0.2) is 22.9 Å². The standard InChI is InChI=1S/C16H14N4O/c1-17-15-8-4-7-14(20-15)16(21)19-12-9-11-5-2-3-6-13(11)18-10-12/h2-10H,1H3,(H,17,20)(H,19,21). The molecule has 1 aromatic carbocycles. The van der Waals surface area contributed by atoms with Crippen LogP contribution in [0.25, 0.3) is 10.9 Å². The molecular weight excluding hydrogens is 264 g/mol. The number of hydrogen-bond acceptors (Lipinski definition) is 4. The third kappa shape index (κ3) is 2.81. The van der Waals surface area contributed by atoms with Crippen LogP contribution in [0.4, 0.5) is 11.5 Å². The molecule has 5 nitrogen and oxygen atoms in total. The van der Waals surface area contributed by atoms with Crippen molar-refractivity contribution in [2.24, 2.45) is 0 Å². The number of carbonyl (C=O) groups is 1. The van der Waals surface area contributed by atoms with E-state index in [1.807, 2.05) is 30.3 Å². The number of para-hydroxylation sites is 1. The Bertz CT molecular complexity index is 801. The number of rotatable bonds is 3. The van der Waals surface area contributed by atoms with Crippen LogP contribution in [-0.2, 0) is 0 Å². The Balaban J connectivity index is 1.85. The number of anilines is 2. The monoisotopic (exact) mass is 278 g/mol. The number of nitrogens with zero attached hydrogens (tertiary/aromatic N) is 2. The van der Waals surface area contributed by atoms with Crippen LogP contribution in [0.1, 0.15) is 10.5 Å². The highest BCUT2D eigenvalue weighted by molar-refractivity contribution is 6.03. The highest BCUT2D eigenvalue weighted by atomic mass is 16.1. The molecule has 0 saturated heterocycles. The number of carbonyl (C=O) groups excluding carboxylic acids is 1. The number of aromatic nitrogens is 2. The lowest BCUT2D eigenvalue weighted by atomic mass is 10.2. The molecule has 104 valence electrons. The molecule has 2 heterocycles. The Kier molecular flexibility index (Phi) is 3.47. The molecule has 1 amide bonds. The van der Waals surface area contributed by atoms with Crippen LogP contribution in [0.15, 0.2) is 54.7 Å². The van der Waals surface area contributed by atoms with Gasteiger partial charge >= 0.3 is 0 Å². The average Bonchev–Trinajstić information content (AvgIpc) is 2.54. The molecule has 5 heteroatoms. The van der Waals surface area contributed by atoms with Crippen molar-refractivity contribution in [2.45, 2.75) is 0 Å². The molecular formula is C16H14N4O. The molecule has 3 rings (SSSR count). The lowest BCUT2D eigenvalue weighted by Crippen LogP contribution is -2.14. The Hall–Kier alpha value is -2.95. The van der Waals surface area contributed by atoms with Crippen LogP contribution in [0.5, 0.6) is 0 Å². The SMILES string of the molecule is CNc1cccc(C(=O)Nc2cnc3ccccc3c2)n1. The Morgan fingerprint density at radius 1 is 1.10 bits per heavy atom. The molecule has 0 bridgehead atoms. The number of pyridine rings is 2. The molecule has 3 aromatic rings. The summed E-state index contributed by atoms with van der Waals surface area (Å²) in [5, 5.41) is 6.70. The van der Waals surface area contributed by atoms with E-state index in [9.17, 15) is 4.79 Å². The molecule has 0 unspecified atom stereocenters. The zero-order valence-corrected chi connectivity index (χ0v) is 11.5. The van der Waals surface area contributed by atoms with Gasteiger partial charge in [0.15, 0.2) is 0 Å². The highest BCUT2D eigenvalue weighted by Crippen LogP contribution is 2.16. The normalized spacial score (nSPS) is 10.3. The maximum absolute atomic E-state index is 12.2. The van der Waals surface area contributed by atoms with Gasteiger partial charge in [-0.15, -0.1) is 0 Å².